The van der Waals surface area contributed by atoms with Gasteiger partial charge in [-0.2, -0.15) is 4.37 Å². The third-order valence-electron chi connectivity index (χ3n) is 1.40. The maximum Gasteiger partial charge on any atom is 0.0565 e. The summed E-state index contributed by atoms with van der Waals surface area (Å²) in [6.45, 7) is 0. The first-order valence-corrected chi connectivity index (χ1v) is 4.91. The first kappa shape index (κ1) is 7.53. The Morgan fingerprint density at radius 3 is 3.09 bits per heavy atom. The van der Waals surface area contributed by atoms with Crippen molar-refractivity contribution in [1.82, 2.24) is 4.37 Å². The third kappa shape index (κ3) is 1.28. The van der Waals surface area contributed by atoms with Crippen LogP contribution in [-0.2, 0) is 0 Å². The van der Waals surface area contributed by atoms with Gasteiger partial charge in [-0.15, -0.1) is 0 Å². The summed E-state index contributed by atoms with van der Waals surface area (Å²) in [5.41, 5.74) is 0. The number of hydrogen-bond donors (Lipinski definition) is 0. The Morgan fingerprint density at radius 2 is 2.27 bits per heavy atom. The van der Waals surface area contributed by atoms with Crippen molar-refractivity contribution >= 4 is 49.1 Å². The van der Waals surface area contributed by atoms with Gasteiger partial charge < -0.3 is 0 Å². The Bertz CT molecular complexity index is 362. The van der Waals surface area contributed by atoms with E-state index in [0.717, 1.165) is 19.6 Å². The van der Waals surface area contributed by atoms with E-state index in [2.05, 4.69) is 20.3 Å². The smallest absolute Gasteiger partial charge is 0.0565 e. The molecule has 0 spiro atoms. The molecule has 4 heteroatoms. The van der Waals surface area contributed by atoms with Crippen molar-refractivity contribution < 1.29 is 0 Å². The van der Waals surface area contributed by atoms with E-state index in [0.29, 0.717) is 0 Å². The van der Waals surface area contributed by atoms with E-state index in [4.69, 9.17) is 11.6 Å². The highest BCUT2D eigenvalue weighted by molar-refractivity contribution is 9.10. The second kappa shape index (κ2) is 2.73. The van der Waals surface area contributed by atoms with Crippen LogP contribution in [0.4, 0.5) is 0 Å². The van der Waals surface area contributed by atoms with Crippen LogP contribution in [0.25, 0.3) is 10.1 Å². The summed E-state index contributed by atoms with van der Waals surface area (Å²) >= 11 is 10.7. The van der Waals surface area contributed by atoms with Gasteiger partial charge in [0.25, 0.3) is 0 Å². The van der Waals surface area contributed by atoms with E-state index in [1.165, 1.54) is 11.5 Å². The van der Waals surface area contributed by atoms with Crippen molar-refractivity contribution in [2.24, 2.45) is 0 Å². The highest BCUT2D eigenvalue weighted by Crippen LogP contribution is 2.29. The Labute approximate surface area is 81.3 Å². The predicted molar refractivity (Wildman–Crippen MR) is 52.3 cm³/mol. The molecule has 0 saturated carbocycles. The summed E-state index contributed by atoms with van der Waals surface area (Å²) in [6.07, 6.45) is 1.83. The number of hydrogen-bond acceptors (Lipinski definition) is 2. The Hall–Kier alpha value is -0.120. The Morgan fingerprint density at radius 1 is 1.45 bits per heavy atom. The number of nitrogens with zero attached hydrogens (tertiary/aromatic N) is 1. The molecule has 0 N–H and O–H groups in total. The van der Waals surface area contributed by atoms with Gasteiger partial charge in [-0.1, -0.05) is 11.6 Å². The van der Waals surface area contributed by atoms with Crippen LogP contribution < -0.4 is 0 Å². The zero-order valence-electron chi connectivity index (χ0n) is 5.34. The number of halogens is 2. The molecule has 0 amide bonds. The fraction of sp³-hybridized carbons (Fsp3) is 0. The predicted octanol–water partition coefficient (Wildman–Crippen LogP) is 3.71. The van der Waals surface area contributed by atoms with Gasteiger partial charge in [0, 0.05) is 16.1 Å². The van der Waals surface area contributed by atoms with Gasteiger partial charge in [-0.3, -0.25) is 0 Å². The summed E-state index contributed by atoms with van der Waals surface area (Å²) in [5, 5.41) is 1.87. The lowest BCUT2D eigenvalue weighted by Crippen LogP contribution is -1.67. The van der Waals surface area contributed by atoms with Crippen molar-refractivity contribution in [1.29, 1.82) is 0 Å². The Balaban J connectivity index is 2.86. The Kier molecular flexibility index (Phi) is 1.87. The van der Waals surface area contributed by atoms with E-state index in [9.17, 15) is 0 Å². The molecule has 0 fully saturated rings. The van der Waals surface area contributed by atoms with Gasteiger partial charge in [0.05, 0.1) is 9.72 Å². The molecule has 2 rings (SSSR count). The topological polar surface area (TPSA) is 12.9 Å². The molecule has 0 aliphatic heterocycles. The van der Waals surface area contributed by atoms with Gasteiger partial charge in [0.1, 0.15) is 0 Å². The van der Waals surface area contributed by atoms with Crippen LogP contribution in [-0.4, -0.2) is 4.37 Å². The first-order chi connectivity index (χ1) is 5.27. The highest BCUT2D eigenvalue weighted by Gasteiger charge is 2.00. The largest absolute Gasteiger partial charge is 0.200 e. The number of fused-ring (bicyclic) bond motifs is 1. The normalized spacial score (nSPS) is 10.7. The second-order valence-corrected chi connectivity index (χ2v) is 4.22. The second-order valence-electron chi connectivity index (χ2n) is 2.13. The van der Waals surface area contributed by atoms with Crippen molar-refractivity contribution in [3.05, 3.63) is 27.8 Å². The summed E-state index contributed by atoms with van der Waals surface area (Å²) in [6, 6.07) is 3.89. The SMILES string of the molecule is Clc1cc2sncc2cc1Br. The van der Waals surface area contributed by atoms with Crippen LogP contribution >= 0.6 is 39.1 Å². The van der Waals surface area contributed by atoms with Gasteiger partial charge in [-0.05, 0) is 39.6 Å². The minimum absolute atomic E-state index is 0.738. The number of rotatable bonds is 0. The van der Waals surface area contributed by atoms with Crippen molar-refractivity contribution in [3.8, 4) is 0 Å². The maximum absolute atomic E-state index is 5.88. The monoisotopic (exact) mass is 247 g/mol. The van der Waals surface area contributed by atoms with Gasteiger partial charge in [0.2, 0.25) is 0 Å². The van der Waals surface area contributed by atoms with Crippen LogP contribution in [0.15, 0.2) is 22.8 Å². The van der Waals surface area contributed by atoms with Crippen LogP contribution in [0.2, 0.25) is 5.02 Å². The molecular weight excluding hydrogens is 246 g/mol. The minimum atomic E-state index is 0.738. The van der Waals surface area contributed by atoms with Crippen LogP contribution in [0.3, 0.4) is 0 Å². The molecule has 2 aromatic rings. The quantitative estimate of drug-likeness (QED) is 0.692. The third-order valence-corrected chi connectivity index (χ3v) is 3.35. The fourth-order valence-corrected chi connectivity index (χ4v) is 2.12. The molecule has 0 bridgehead atoms. The molecule has 0 aliphatic carbocycles. The molecule has 0 atom stereocenters. The molecule has 1 heterocycles. The standard InChI is InChI=1S/C7H3BrClNS/c8-5-1-4-3-10-11-7(4)2-6(5)9/h1-3H. The number of aromatic nitrogens is 1. The lowest BCUT2D eigenvalue weighted by atomic mass is 10.3. The minimum Gasteiger partial charge on any atom is -0.200 e. The van der Waals surface area contributed by atoms with Gasteiger partial charge in [-0.25, -0.2) is 0 Å². The van der Waals surface area contributed by atoms with Crippen molar-refractivity contribution in [2.45, 2.75) is 0 Å². The van der Waals surface area contributed by atoms with E-state index >= 15 is 0 Å². The van der Waals surface area contributed by atoms with E-state index < -0.39 is 0 Å². The van der Waals surface area contributed by atoms with Gasteiger partial charge >= 0.3 is 0 Å². The maximum atomic E-state index is 5.88. The lowest BCUT2D eigenvalue weighted by Gasteiger charge is -1.93. The van der Waals surface area contributed by atoms with Crippen LogP contribution in [0.5, 0.6) is 0 Å². The summed E-state index contributed by atoms with van der Waals surface area (Å²) in [5.74, 6) is 0. The van der Waals surface area contributed by atoms with E-state index in [1.54, 1.807) is 0 Å². The lowest BCUT2D eigenvalue weighted by molar-refractivity contribution is 1.60. The van der Waals surface area contributed by atoms with E-state index in [-0.39, 0.29) is 0 Å². The first-order valence-electron chi connectivity index (χ1n) is 2.97. The van der Waals surface area contributed by atoms with Crippen LogP contribution in [0, 0.1) is 0 Å². The highest BCUT2D eigenvalue weighted by atomic mass is 79.9. The molecule has 0 radical (unpaired) electrons. The molecule has 1 aromatic carbocycles. The molecule has 0 unspecified atom stereocenters. The molecule has 0 saturated heterocycles. The number of benzene rings is 1. The molecule has 56 valence electrons. The molecular formula is C7H3BrClNS. The fourth-order valence-electron chi connectivity index (χ4n) is 0.864. The van der Waals surface area contributed by atoms with E-state index in [1.807, 2.05) is 18.3 Å². The zero-order valence-corrected chi connectivity index (χ0v) is 8.50. The zero-order chi connectivity index (χ0) is 7.84. The molecule has 11 heavy (non-hydrogen) atoms. The van der Waals surface area contributed by atoms with Gasteiger partial charge in [0.15, 0.2) is 0 Å². The summed E-state index contributed by atoms with van der Waals surface area (Å²) in [4.78, 5) is 0. The summed E-state index contributed by atoms with van der Waals surface area (Å²) in [7, 11) is 0. The average Bonchev–Trinajstić information content (AvgIpc) is 2.36. The molecule has 1 aromatic heterocycles. The molecule has 1 nitrogen and oxygen atoms in total. The van der Waals surface area contributed by atoms with Crippen molar-refractivity contribution in [3.63, 3.8) is 0 Å². The van der Waals surface area contributed by atoms with Crippen LogP contribution in [0.1, 0.15) is 0 Å². The average molecular weight is 249 g/mol. The summed E-state index contributed by atoms with van der Waals surface area (Å²) < 4.78 is 6.09. The molecule has 0 aliphatic rings. The van der Waals surface area contributed by atoms with Crippen molar-refractivity contribution in [2.75, 3.05) is 0 Å².